The molecule has 1 saturated heterocycles. The summed E-state index contributed by atoms with van der Waals surface area (Å²) in [7, 11) is 1.56. The summed E-state index contributed by atoms with van der Waals surface area (Å²) in [5.41, 5.74) is 2.28. The molecule has 3 N–H and O–H groups in total. The molecule has 4 amide bonds. The number of piperidine rings is 1. The molecule has 3 aromatic rings. The molecule has 5 rings (SSSR count). The lowest BCUT2D eigenvalue weighted by Gasteiger charge is -2.33. The highest BCUT2D eigenvalue weighted by atomic mass is 16.5. The molecule has 0 bridgehead atoms. The zero-order valence-electron chi connectivity index (χ0n) is 22.0. The van der Waals surface area contributed by atoms with E-state index in [1.165, 1.54) is 6.07 Å². The summed E-state index contributed by atoms with van der Waals surface area (Å²) >= 11 is 0. The molecule has 0 spiro atoms. The first-order chi connectivity index (χ1) is 19.3. The number of pyridine rings is 1. The topological polar surface area (TPSA) is 147 Å². The summed E-state index contributed by atoms with van der Waals surface area (Å²) in [5.74, 6) is -0.777. The first kappa shape index (κ1) is 26.8. The number of rotatable bonds is 8. The summed E-state index contributed by atoms with van der Waals surface area (Å²) in [5, 5.41) is 15.5. The van der Waals surface area contributed by atoms with E-state index in [2.05, 4.69) is 15.6 Å². The molecule has 0 radical (unpaired) electrons. The van der Waals surface area contributed by atoms with Crippen LogP contribution < -0.4 is 20.1 Å². The van der Waals surface area contributed by atoms with Crippen LogP contribution in [0.1, 0.15) is 56.5 Å². The summed E-state index contributed by atoms with van der Waals surface area (Å²) in [4.78, 5) is 56.6. The Hall–Kier alpha value is -4.77. The molecule has 11 heteroatoms. The minimum atomic E-state index is -1.35. The lowest BCUT2D eigenvalue weighted by atomic mass is 10.0. The van der Waals surface area contributed by atoms with E-state index < -0.39 is 30.0 Å². The number of hydrogen-bond acceptors (Lipinski definition) is 8. The van der Waals surface area contributed by atoms with E-state index in [1.54, 1.807) is 49.6 Å². The molecule has 2 aliphatic rings. The van der Waals surface area contributed by atoms with Crippen molar-refractivity contribution in [2.45, 2.75) is 38.6 Å². The van der Waals surface area contributed by atoms with Crippen LogP contribution in [-0.2, 0) is 11.3 Å². The number of methoxy groups -OCH3 is 1. The van der Waals surface area contributed by atoms with Gasteiger partial charge in [0, 0.05) is 18.5 Å². The maximum Gasteiger partial charge on any atom is 0.270 e. The Bertz CT molecular complexity index is 1510. The molecule has 1 fully saturated rings. The number of aliphatic hydroxyl groups is 1. The Balaban J connectivity index is 1.33. The molecular weight excluding hydrogens is 516 g/mol. The average Bonchev–Trinajstić information content (AvgIpc) is 3.22. The van der Waals surface area contributed by atoms with Gasteiger partial charge in [-0.3, -0.25) is 24.1 Å². The predicted molar refractivity (Wildman–Crippen MR) is 143 cm³/mol. The second-order valence-corrected chi connectivity index (χ2v) is 9.33. The normalized spacial score (nSPS) is 18.3. The van der Waals surface area contributed by atoms with Crippen molar-refractivity contribution >= 4 is 23.6 Å². The fourth-order valence-electron chi connectivity index (χ4n) is 4.95. The van der Waals surface area contributed by atoms with Crippen LogP contribution in [-0.4, -0.2) is 64.6 Å². The number of aromatic nitrogens is 1. The highest BCUT2D eigenvalue weighted by molar-refractivity contribution is 6.22. The first-order valence-electron chi connectivity index (χ1n) is 12.9. The van der Waals surface area contributed by atoms with Gasteiger partial charge in [0.05, 0.1) is 36.6 Å². The quantitative estimate of drug-likeness (QED) is 0.366. The zero-order valence-corrected chi connectivity index (χ0v) is 22.0. The van der Waals surface area contributed by atoms with Gasteiger partial charge in [-0.25, -0.2) is 4.98 Å². The van der Waals surface area contributed by atoms with Crippen molar-refractivity contribution in [2.75, 3.05) is 13.7 Å². The van der Waals surface area contributed by atoms with Crippen molar-refractivity contribution in [3.63, 3.8) is 0 Å². The molecular formula is C29H28N4O7. The van der Waals surface area contributed by atoms with Crippen LogP contribution in [0.25, 0.3) is 11.3 Å². The Morgan fingerprint density at radius 2 is 1.90 bits per heavy atom. The maximum atomic E-state index is 13.3. The van der Waals surface area contributed by atoms with Crippen LogP contribution in [0.5, 0.6) is 11.5 Å². The van der Waals surface area contributed by atoms with Gasteiger partial charge >= 0.3 is 0 Å². The van der Waals surface area contributed by atoms with Gasteiger partial charge in [-0.1, -0.05) is 18.2 Å². The van der Waals surface area contributed by atoms with E-state index >= 15 is 0 Å². The minimum absolute atomic E-state index is 0.0260. The van der Waals surface area contributed by atoms with E-state index in [4.69, 9.17) is 9.47 Å². The van der Waals surface area contributed by atoms with Crippen LogP contribution in [0.4, 0.5) is 0 Å². The van der Waals surface area contributed by atoms with Crippen molar-refractivity contribution in [2.24, 2.45) is 0 Å². The Kier molecular flexibility index (Phi) is 7.47. The Labute approximate surface area is 230 Å². The van der Waals surface area contributed by atoms with Gasteiger partial charge in [0.15, 0.2) is 11.5 Å². The third kappa shape index (κ3) is 4.98. The molecule has 0 aliphatic carbocycles. The SMILES string of the molecule is CCOc1cc(-c2cccc(C(=O)NCc3cccc4c3C(=O)N(C3CCC(=O)NC3O)C4=O)n2)ccc1OC. The smallest absolute Gasteiger partial charge is 0.270 e. The van der Waals surface area contributed by atoms with Crippen molar-refractivity contribution < 1.29 is 33.8 Å². The van der Waals surface area contributed by atoms with E-state index in [0.717, 1.165) is 10.5 Å². The number of carbonyl (C=O) groups is 4. The zero-order chi connectivity index (χ0) is 28.4. The summed E-state index contributed by atoms with van der Waals surface area (Å²) in [6, 6.07) is 14.4. The van der Waals surface area contributed by atoms with Gasteiger partial charge < -0.3 is 25.2 Å². The van der Waals surface area contributed by atoms with Gasteiger partial charge in [0.1, 0.15) is 11.9 Å². The van der Waals surface area contributed by atoms with Crippen LogP contribution in [0, 0.1) is 0 Å². The fourth-order valence-corrected chi connectivity index (χ4v) is 4.95. The lowest BCUT2D eigenvalue weighted by molar-refractivity contribution is -0.129. The van der Waals surface area contributed by atoms with E-state index in [1.807, 2.05) is 13.0 Å². The van der Waals surface area contributed by atoms with E-state index in [9.17, 15) is 24.3 Å². The maximum absolute atomic E-state index is 13.3. The molecule has 2 aromatic carbocycles. The monoisotopic (exact) mass is 544 g/mol. The van der Waals surface area contributed by atoms with Gasteiger partial charge in [0.25, 0.3) is 17.7 Å². The second-order valence-electron chi connectivity index (χ2n) is 9.33. The van der Waals surface area contributed by atoms with E-state index in [0.29, 0.717) is 29.4 Å². The number of ether oxygens (including phenoxy) is 2. The van der Waals surface area contributed by atoms with Crippen LogP contribution in [0.3, 0.4) is 0 Å². The van der Waals surface area contributed by atoms with Crippen LogP contribution in [0.15, 0.2) is 54.6 Å². The number of fused-ring (bicyclic) bond motifs is 1. The van der Waals surface area contributed by atoms with Gasteiger partial charge in [0.2, 0.25) is 5.91 Å². The number of hydrogen-bond donors (Lipinski definition) is 3. The highest BCUT2D eigenvalue weighted by Gasteiger charge is 2.45. The first-order valence-corrected chi connectivity index (χ1v) is 12.9. The van der Waals surface area contributed by atoms with Gasteiger partial charge in [-0.05, 0) is 55.3 Å². The number of carbonyl (C=O) groups excluding carboxylic acids is 4. The number of benzene rings is 2. The van der Waals surface area contributed by atoms with Crippen LogP contribution >= 0.6 is 0 Å². The average molecular weight is 545 g/mol. The lowest BCUT2D eigenvalue weighted by Crippen LogP contribution is -2.57. The van der Waals surface area contributed by atoms with Gasteiger partial charge in [-0.15, -0.1) is 0 Å². The highest BCUT2D eigenvalue weighted by Crippen LogP contribution is 2.33. The number of amides is 4. The van der Waals surface area contributed by atoms with E-state index in [-0.39, 0.29) is 42.1 Å². The number of nitrogens with one attached hydrogen (secondary N) is 2. The number of nitrogens with zero attached hydrogens (tertiary/aromatic N) is 2. The molecule has 0 saturated carbocycles. The Morgan fingerprint density at radius 3 is 2.65 bits per heavy atom. The van der Waals surface area contributed by atoms with Crippen LogP contribution in [0.2, 0.25) is 0 Å². The molecule has 40 heavy (non-hydrogen) atoms. The molecule has 2 unspecified atom stereocenters. The molecule has 2 atom stereocenters. The molecule has 3 heterocycles. The summed E-state index contributed by atoms with van der Waals surface area (Å²) < 4.78 is 11.0. The van der Waals surface area contributed by atoms with Crippen molar-refractivity contribution in [3.05, 3.63) is 77.0 Å². The number of aliphatic hydroxyl groups excluding tert-OH is 1. The minimum Gasteiger partial charge on any atom is -0.493 e. The second kappa shape index (κ2) is 11.1. The summed E-state index contributed by atoms with van der Waals surface area (Å²) in [6.07, 6.45) is -1.10. The third-order valence-electron chi connectivity index (χ3n) is 6.89. The third-order valence-corrected chi connectivity index (χ3v) is 6.89. The Morgan fingerprint density at radius 1 is 1.10 bits per heavy atom. The van der Waals surface area contributed by atoms with Crippen molar-refractivity contribution in [1.29, 1.82) is 0 Å². The standard InChI is InChI=1S/C29H28N4O7/c1-3-40-23-14-16(10-12-22(23)39-2)19-8-5-9-20(31-19)26(35)30-15-17-6-4-7-18-25(17)29(38)33(28(18)37)21-11-13-24(34)32-27(21)36/h4-10,12,14,21,27,36H,3,11,13,15H2,1-2H3,(H,30,35)(H,32,34). The summed E-state index contributed by atoms with van der Waals surface area (Å²) in [6.45, 7) is 2.31. The molecule has 206 valence electrons. The molecule has 11 nitrogen and oxygen atoms in total. The van der Waals surface area contributed by atoms with Crippen molar-refractivity contribution in [3.8, 4) is 22.8 Å². The molecule has 2 aliphatic heterocycles. The van der Waals surface area contributed by atoms with Crippen molar-refractivity contribution in [1.82, 2.24) is 20.5 Å². The molecule has 1 aromatic heterocycles. The number of imide groups is 1. The predicted octanol–water partition coefficient (Wildman–Crippen LogP) is 2.28. The largest absolute Gasteiger partial charge is 0.493 e. The fraction of sp³-hybridized carbons (Fsp3) is 0.276. The van der Waals surface area contributed by atoms with Gasteiger partial charge in [-0.2, -0.15) is 0 Å².